The van der Waals surface area contributed by atoms with Crippen LogP contribution < -0.4 is 71.2 Å². The molecular weight excluding hydrogens is 1070 g/mol. The van der Waals surface area contributed by atoms with Crippen molar-refractivity contribution in [3.05, 3.63) is 29.8 Å². The molecule has 1 aromatic carbocycles. The third-order valence-corrected chi connectivity index (χ3v) is 11.6. The fraction of sp³-hybridized carbons (Fsp3) is 0.583. The first kappa shape index (κ1) is 70.1. The number of benzene rings is 1. The number of carbonyl (C=O) groups is 12. The number of carbonyl (C=O) groups excluding carboxylic acids is 8. The van der Waals surface area contributed by atoms with E-state index in [4.69, 9.17) is 33.8 Å². The lowest BCUT2D eigenvalue weighted by Crippen LogP contribution is -2.60. The summed E-state index contributed by atoms with van der Waals surface area (Å²) >= 11 is 0. The van der Waals surface area contributed by atoms with Crippen LogP contribution in [0.1, 0.15) is 97.0 Å². The standard InChI is InChI=1S/C48H77N15O18/c1-23(2)20-32(61-39(73)27(49)12-15-35(66)67)44(78)58-28(6-4-18-54-47(50)51)40(74)56-24(3)38(72)57-29(7-5-19-55-48(52)53)41(75)59-30(13-16-36(68)69)42(76)60-31(14-17-37(70)71)43(77)63-34(22-64)45(79)62-33(46(80)81)21-25-8-10-26(65)11-9-25/h8-11,23-24,27-34,64-65H,4-7,12-22,49H2,1-3H3,(H,56,74)(H,57,72)(H,58,78)(H,59,75)(H,60,76)(H,61,73)(H,62,79)(H,63,77)(H,66,67)(H,68,69)(H,70,71)(H,80,81)(H4,50,51,54)(H4,52,53,55)/t24-,27-,28-,29-,30-,31-,32-,33-,34-/m0/s1. The molecule has 33 heteroatoms. The number of carboxylic acid groups (broad SMARTS) is 4. The molecule has 0 bridgehead atoms. The van der Waals surface area contributed by atoms with Gasteiger partial charge < -0.3 is 102 Å². The Hall–Kier alpha value is -8.88. The Morgan fingerprint density at radius 3 is 1.23 bits per heavy atom. The van der Waals surface area contributed by atoms with Crippen LogP contribution in [0.3, 0.4) is 0 Å². The summed E-state index contributed by atoms with van der Waals surface area (Å²) in [7, 11) is 0. The van der Waals surface area contributed by atoms with Crippen LogP contribution in [0, 0.1) is 5.92 Å². The second kappa shape index (κ2) is 36.3. The van der Waals surface area contributed by atoms with Crippen molar-refractivity contribution in [3.63, 3.8) is 0 Å². The number of guanidine groups is 2. The van der Waals surface area contributed by atoms with E-state index in [1.54, 1.807) is 13.8 Å². The fourth-order valence-corrected chi connectivity index (χ4v) is 7.31. The molecule has 0 unspecified atom stereocenters. The molecule has 24 N–H and O–H groups in total. The van der Waals surface area contributed by atoms with Gasteiger partial charge in [0.2, 0.25) is 47.3 Å². The summed E-state index contributed by atoms with van der Waals surface area (Å²) in [6, 6.07) is -8.98. The smallest absolute Gasteiger partial charge is 0.326 e. The largest absolute Gasteiger partial charge is 0.508 e. The number of amides is 8. The second-order valence-electron chi connectivity index (χ2n) is 19.0. The Labute approximate surface area is 464 Å². The zero-order chi connectivity index (χ0) is 61.5. The summed E-state index contributed by atoms with van der Waals surface area (Å²) in [5, 5.41) is 76.1. The molecule has 0 heterocycles. The van der Waals surface area contributed by atoms with Crippen LogP contribution in [-0.2, 0) is 64.0 Å². The minimum Gasteiger partial charge on any atom is -0.508 e. The highest BCUT2D eigenvalue weighted by molar-refractivity contribution is 5.98. The molecule has 0 radical (unpaired) electrons. The van der Waals surface area contributed by atoms with Crippen molar-refractivity contribution in [1.82, 2.24) is 42.5 Å². The molecular formula is C48H77N15O18. The highest BCUT2D eigenvalue weighted by Crippen LogP contribution is 2.13. The molecule has 0 saturated carbocycles. The number of nitrogens with zero attached hydrogens (tertiary/aromatic N) is 2. The molecule has 9 atom stereocenters. The predicted molar refractivity (Wildman–Crippen MR) is 286 cm³/mol. The fourth-order valence-electron chi connectivity index (χ4n) is 7.31. The molecule has 81 heavy (non-hydrogen) atoms. The van der Waals surface area contributed by atoms with Gasteiger partial charge >= 0.3 is 23.9 Å². The van der Waals surface area contributed by atoms with Crippen LogP contribution in [0.5, 0.6) is 5.75 Å². The third-order valence-electron chi connectivity index (χ3n) is 11.6. The van der Waals surface area contributed by atoms with Gasteiger partial charge in [-0.15, -0.1) is 0 Å². The number of aliphatic hydroxyl groups excluding tert-OH is 1. The molecule has 33 nitrogen and oxygen atoms in total. The van der Waals surface area contributed by atoms with Crippen molar-refractivity contribution in [1.29, 1.82) is 0 Å². The number of phenols is 1. The Kier molecular flexibility index (Phi) is 31.4. The zero-order valence-electron chi connectivity index (χ0n) is 45.1. The number of aliphatic imine (C=N–C) groups is 2. The van der Waals surface area contributed by atoms with E-state index >= 15 is 0 Å². The van der Waals surface area contributed by atoms with E-state index in [9.17, 15) is 83.1 Å². The van der Waals surface area contributed by atoms with Gasteiger partial charge in [0.25, 0.3) is 0 Å². The van der Waals surface area contributed by atoms with E-state index in [0.29, 0.717) is 5.56 Å². The number of aliphatic hydroxyl groups is 1. The van der Waals surface area contributed by atoms with Crippen LogP contribution in [-0.4, -0.2) is 188 Å². The summed E-state index contributed by atoms with van der Waals surface area (Å²) in [5.74, 6) is -15.1. The van der Waals surface area contributed by atoms with Gasteiger partial charge in [0, 0.05) is 38.8 Å². The highest BCUT2D eigenvalue weighted by atomic mass is 16.4. The van der Waals surface area contributed by atoms with Gasteiger partial charge in [-0.1, -0.05) is 26.0 Å². The summed E-state index contributed by atoms with van der Waals surface area (Å²) < 4.78 is 0. The van der Waals surface area contributed by atoms with E-state index in [0.717, 1.165) is 0 Å². The molecule has 0 aliphatic heterocycles. The van der Waals surface area contributed by atoms with Crippen molar-refractivity contribution < 1.29 is 88.2 Å². The van der Waals surface area contributed by atoms with E-state index in [1.165, 1.54) is 31.2 Å². The maximum atomic E-state index is 14.1. The lowest BCUT2D eigenvalue weighted by atomic mass is 10.0. The Morgan fingerprint density at radius 1 is 0.469 bits per heavy atom. The molecule has 0 saturated heterocycles. The van der Waals surface area contributed by atoms with Crippen LogP contribution in [0.25, 0.3) is 0 Å². The van der Waals surface area contributed by atoms with Crippen LogP contribution >= 0.6 is 0 Å². The monoisotopic (exact) mass is 1150 g/mol. The summed E-state index contributed by atoms with van der Waals surface area (Å²) in [5.41, 5.74) is 28.0. The van der Waals surface area contributed by atoms with Crippen molar-refractivity contribution in [2.75, 3.05) is 19.7 Å². The van der Waals surface area contributed by atoms with E-state index < -0.39 is 164 Å². The first-order valence-corrected chi connectivity index (χ1v) is 25.5. The third kappa shape index (κ3) is 29.1. The second-order valence-corrected chi connectivity index (χ2v) is 19.0. The van der Waals surface area contributed by atoms with Gasteiger partial charge in [0.1, 0.15) is 54.1 Å². The van der Waals surface area contributed by atoms with E-state index in [-0.39, 0.29) is 81.6 Å². The first-order valence-electron chi connectivity index (χ1n) is 25.5. The van der Waals surface area contributed by atoms with Crippen molar-refractivity contribution >= 4 is 83.1 Å². The van der Waals surface area contributed by atoms with Crippen LogP contribution in [0.15, 0.2) is 34.3 Å². The molecule has 1 aromatic rings. The quantitative estimate of drug-likeness (QED) is 0.0166. The SMILES string of the molecule is CC(C)C[C@H](NC(=O)[C@@H](N)CCC(=O)O)C(=O)N[C@@H](CCCN=C(N)N)C(=O)N[C@@H](C)C(=O)N[C@@H](CCCN=C(N)N)C(=O)N[C@@H](CCC(=O)O)C(=O)N[C@@H](CCC(=O)O)C(=O)N[C@@H](CO)C(=O)N[C@@H](Cc1ccc(O)cc1)C(=O)O. The van der Waals surface area contributed by atoms with Crippen molar-refractivity contribution in [3.8, 4) is 5.75 Å². The minimum atomic E-state index is -1.88. The number of aliphatic carboxylic acids is 4. The van der Waals surface area contributed by atoms with Gasteiger partial charge in [-0.05, 0) is 81.9 Å². The topological polar surface area (TPSA) is 577 Å². The molecule has 0 aliphatic carbocycles. The molecule has 8 amide bonds. The average molecular weight is 1150 g/mol. The van der Waals surface area contributed by atoms with E-state index in [1.807, 2.05) is 0 Å². The number of hydrogen-bond donors (Lipinski definition) is 19. The number of nitrogens with one attached hydrogen (secondary N) is 8. The predicted octanol–water partition coefficient (Wildman–Crippen LogP) is -6.02. The van der Waals surface area contributed by atoms with Crippen LogP contribution in [0.4, 0.5) is 0 Å². The van der Waals surface area contributed by atoms with Gasteiger partial charge in [-0.25, -0.2) is 4.79 Å². The number of aromatic hydroxyl groups is 1. The summed E-state index contributed by atoms with van der Waals surface area (Å²) in [6.07, 6.45) is -4.20. The number of nitrogens with two attached hydrogens (primary N) is 5. The number of carboxylic acids is 4. The van der Waals surface area contributed by atoms with E-state index in [2.05, 4.69) is 52.5 Å². The van der Waals surface area contributed by atoms with Gasteiger partial charge in [0.05, 0.1) is 12.6 Å². The molecule has 0 fully saturated rings. The Balaban J connectivity index is 3.49. The lowest BCUT2D eigenvalue weighted by molar-refractivity contribution is -0.142. The minimum absolute atomic E-state index is 0.00898. The maximum absolute atomic E-state index is 14.1. The number of rotatable bonds is 39. The highest BCUT2D eigenvalue weighted by Gasteiger charge is 2.35. The molecule has 0 aromatic heterocycles. The van der Waals surface area contributed by atoms with Crippen molar-refractivity contribution in [2.24, 2.45) is 44.6 Å². The zero-order valence-corrected chi connectivity index (χ0v) is 45.1. The van der Waals surface area contributed by atoms with Gasteiger partial charge in [0.15, 0.2) is 11.9 Å². The maximum Gasteiger partial charge on any atom is 0.326 e. The van der Waals surface area contributed by atoms with Crippen molar-refractivity contribution in [2.45, 2.75) is 152 Å². The summed E-state index contributed by atoms with van der Waals surface area (Å²) in [6.45, 7) is 3.44. The molecule has 0 aliphatic rings. The summed E-state index contributed by atoms with van der Waals surface area (Å²) in [4.78, 5) is 163. The Morgan fingerprint density at radius 2 is 0.827 bits per heavy atom. The molecule has 452 valence electrons. The lowest BCUT2D eigenvalue weighted by Gasteiger charge is -2.27. The molecule has 1 rings (SSSR count). The average Bonchev–Trinajstić information content (AvgIpc) is 3.39. The first-order chi connectivity index (χ1) is 37.9. The number of hydrogen-bond acceptors (Lipinski definition) is 17. The number of phenolic OH excluding ortho intramolecular Hbond substituents is 1. The normalized spacial score (nSPS) is 14.2. The Bertz CT molecular complexity index is 2400. The molecule has 0 spiro atoms. The van der Waals surface area contributed by atoms with Gasteiger partial charge in [-0.3, -0.25) is 62.7 Å². The van der Waals surface area contributed by atoms with Gasteiger partial charge in [-0.2, -0.15) is 0 Å². The van der Waals surface area contributed by atoms with Crippen LogP contribution in [0.2, 0.25) is 0 Å².